The van der Waals surface area contributed by atoms with Crippen LogP contribution in [0.15, 0.2) is 24.3 Å². The van der Waals surface area contributed by atoms with Gasteiger partial charge in [-0.05, 0) is 13.0 Å². The van der Waals surface area contributed by atoms with Crippen molar-refractivity contribution in [1.82, 2.24) is 5.32 Å². The van der Waals surface area contributed by atoms with Gasteiger partial charge in [0.15, 0.2) is 0 Å². The maximum atomic E-state index is 11.5. The van der Waals surface area contributed by atoms with Gasteiger partial charge in [0, 0.05) is 19.2 Å². The van der Waals surface area contributed by atoms with Gasteiger partial charge in [-0.25, -0.2) is 0 Å². The Morgan fingerprint density at radius 2 is 2.17 bits per heavy atom. The van der Waals surface area contributed by atoms with E-state index < -0.39 is 11.9 Å². The maximum absolute atomic E-state index is 11.5. The van der Waals surface area contributed by atoms with Crippen LogP contribution in [0.4, 0.5) is 0 Å². The minimum atomic E-state index is -0.567. The summed E-state index contributed by atoms with van der Waals surface area (Å²) >= 11 is 0. The van der Waals surface area contributed by atoms with E-state index in [1.165, 1.54) is 0 Å². The molecule has 0 saturated heterocycles. The zero-order valence-corrected chi connectivity index (χ0v) is 10.8. The molecule has 0 bridgehead atoms. The quantitative estimate of drug-likeness (QED) is 0.673. The molecule has 1 amide bonds. The number of para-hydroxylation sites is 1. The van der Waals surface area contributed by atoms with Crippen LogP contribution in [0.3, 0.4) is 0 Å². The number of ether oxygens (including phenoxy) is 2. The van der Waals surface area contributed by atoms with Gasteiger partial charge in [-0.2, -0.15) is 0 Å². The number of hydrogen-bond donors (Lipinski definition) is 2. The largest absolute Gasteiger partial charge is 0.494 e. The van der Waals surface area contributed by atoms with Gasteiger partial charge in [0.1, 0.15) is 11.8 Å². The van der Waals surface area contributed by atoms with E-state index in [1.54, 1.807) is 7.11 Å². The molecule has 3 N–H and O–H groups in total. The van der Waals surface area contributed by atoms with Crippen LogP contribution in [0.5, 0.6) is 5.75 Å². The first-order chi connectivity index (χ1) is 8.70. The van der Waals surface area contributed by atoms with Gasteiger partial charge >= 0.3 is 0 Å². The highest BCUT2D eigenvalue weighted by molar-refractivity contribution is 5.82. The van der Waals surface area contributed by atoms with Crippen LogP contribution in [-0.2, 0) is 9.53 Å². The predicted molar refractivity (Wildman–Crippen MR) is 69.4 cm³/mol. The average molecular weight is 252 g/mol. The van der Waals surface area contributed by atoms with Crippen LogP contribution < -0.4 is 15.8 Å². The average Bonchev–Trinajstić information content (AvgIpc) is 2.36. The van der Waals surface area contributed by atoms with E-state index >= 15 is 0 Å². The molecule has 100 valence electrons. The first-order valence-electron chi connectivity index (χ1n) is 5.94. The summed E-state index contributed by atoms with van der Waals surface area (Å²) in [7, 11) is 1.61. The van der Waals surface area contributed by atoms with Gasteiger partial charge in [-0.3, -0.25) is 10.1 Å². The van der Waals surface area contributed by atoms with E-state index in [9.17, 15) is 4.79 Å². The van der Waals surface area contributed by atoms with E-state index in [0.717, 1.165) is 5.56 Å². The molecule has 0 fully saturated rings. The molecule has 1 aromatic rings. The molecule has 5 heteroatoms. The van der Waals surface area contributed by atoms with E-state index in [0.29, 0.717) is 25.5 Å². The van der Waals surface area contributed by atoms with Crippen molar-refractivity contribution in [3.8, 4) is 5.75 Å². The number of methoxy groups -OCH3 is 1. The fourth-order valence-corrected chi connectivity index (χ4v) is 1.68. The lowest BCUT2D eigenvalue weighted by molar-refractivity contribution is -0.120. The first-order valence-corrected chi connectivity index (χ1v) is 5.94. The molecule has 0 aliphatic rings. The molecule has 1 aromatic carbocycles. The van der Waals surface area contributed by atoms with Crippen LogP contribution in [0.25, 0.3) is 0 Å². The number of carbonyl (C=O) groups is 1. The van der Waals surface area contributed by atoms with Gasteiger partial charge in [0.05, 0.1) is 13.2 Å². The molecule has 0 heterocycles. The highest BCUT2D eigenvalue weighted by atomic mass is 16.5. The Labute approximate surface area is 107 Å². The highest BCUT2D eigenvalue weighted by Gasteiger charge is 2.20. The van der Waals surface area contributed by atoms with E-state index in [2.05, 4.69) is 5.32 Å². The van der Waals surface area contributed by atoms with Crippen LogP contribution in [-0.4, -0.2) is 32.8 Å². The van der Waals surface area contributed by atoms with Crippen molar-refractivity contribution in [1.29, 1.82) is 0 Å². The van der Waals surface area contributed by atoms with Crippen molar-refractivity contribution < 1.29 is 14.3 Å². The summed E-state index contributed by atoms with van der Waals surface area (Å²) < 4.78 is 10.4. The number of rotatable bonds is 8. The van der Waals surface area contributed by atoms with Crippen molar-refractivity contribution in [2.45, 2.75) is 13.0 Å². The zero-order valence-electron chi connectivity index (χ0n) is 10.8. The number of nitrogens with two attached hydrogens (primary N) is 1. The summed E-state index contributed by atoms with van der Waals surface area (Å²) in [5.74, 6) is 0.243. The van der Waals surface area contributed by atoms with Crippen LogP contribution in [0, 0.1) is 0 Å². The Hall–Kier alpha value is -1.59. The third-order valence-electron chi connectivity index (χ3n) is 2.47. The Kier molecular flexibility index (Phi) is 6.18. The Morgan fingerprint density at radius 3 is 2.78 bits per heavy atom. The SMILES string of the molecule is CCOc1ccccc1C(NCCOC)C(N)=O. The summed E-state index contributed by atoms with van der Waals surface area (Å²) in [6.07, 6.45) is 0. The lowest BCUT2D eigenvalue weighted by Crippen LogP contribution is -2.35. The smallest absolute Gasteiger partial charge is 0.239 e. The number of amides is 1. The molecule has 1 atom stereocenters. The predicted octanol–water partition coefficient (Wildman–Crippen LogP) is 0.848. The maximum Gasteiger partial charge on any atom is 0.239 e. The number of nitrogens with one attached hydrogen (secondary N) is 1. The summed E-state index contributed by atoms with van der Waals surface area (Å²) in [5.41, 5.74) is 6.17. The van der Waals surface area contributed by atoms with Crippen LogP contribution in [0.2, 0.25) is 0 Å². The van der Waals surface area contributed by atoms with E-state index in [4.69, 9.17) is 15.2 Å². The Balaban J connectivity index is 2.87. The molecule has 0 spiro atoms. The summed E-state index contributed by atoms with van der Waals surface area (Å²) in [6, 6.07) is 6.81. The van der Waals surface area contributed by atoms with Gasteiger partial charge < -0.3 is 15.2 Å². The highest BCUT2D eigenvalue weighted by Crippen LogP contribution is 2.24. The summed E-state index contributed by atoms with van der Waals surface area (Å²) in [6.45, 7) is 3.50. The molecule has 0 aliphatic carbocycles. The van der Waals surface area contributed by atoms with Crippen molar-refractivity contribution >= 4 is 5.91 Å². The molecule has 1 unspecified atom stereocenters. The lowest BCUT2D eigenvalue weighted by atomic mass is 10.1. The van der Waals surface area contributed by atoms with E-state index in [1.807, 2.05) is 31.2 Å². The minimum Gasteiger partial charge on any atom is -0.494 e. The van der Waals surface area contributed by atoms with Crippen molar-refractivity contribution in [2.75, 3.05) is 26.9 Å². The molecule has 0 radical (unpaired) electrons. The van der Waals surface area contributed by atoms with E-state index in [-0.39, 0.29) is 0 Å². The van der Waals surface area contributed by atoms with Crippen molar-refractivity contribution in [3.63, 3.8) is 0 Å². The lowest BCUT2D eigenvalue weighted by Gasteiger charge is -2.18. The van der Waals surface area contributed by atoms with Gasteiger partial charge in [0.2, 0.25) is 5.91 Å². The number of benzene rings is 1. The first kappa shape index (κ1) is 14.5. The normalized spacial score (nSPS) is 12.1. The molecule has 5 nitrogen and oxygen atoms in total. The standard InChI is InChI=1S/C13H20N2O3/c1-3-18-11-7-5-4-6-10(11)12(13(14)16)15-8-9-17-2/h4-7,12,15H,3,8-9H2,1-2H3,(H2,14,16). The van der Waals surface area contributed by atoms with Crippen molar-refractivity contribution in [2.24, 2.45) is 5.73 Å². The molecular weight excluding hydrogens is 232 g/mol. The van der Waals surface area contributed by atoms with Crippen molar-refractivity contribution in [3.05, 3.63) is 29.8 Å². The number of primary amides is 1. The third-order valence-corrected chi connectivity index (χ3v) is 2.47. The topological polar surface area (TPSA) is 73.6 Å². The fraction of sp³-hybridized carbons (Fsp3) is 0.462. The van der Waals surface area contributed by atoms with Gasteiger partial charge in [0.25, 0.3) is 0 Å². The number of hydrogen-bond acceptors (Lipinski definition) is 4. The molecule has 0 saturated carbocycles. The van der Waals surface area contributed by atoms with Gasteiger partial charge in [-0.15, -0.1) is 0 Å². The second-order valence-corrected chi connectivity index (χ2v) is 3.75. The second kappa shape index (κ2) is 7.68. The third kappa shape index (κ3) is 4.01. The zero-order chi connectivity index (χ0) is 13.4. The summed E-state index contributed by atoms with van der Waals surface area (Å²) in [5, 5.41) is 3.06. The minimum absolute atomic E-state index is 0.432. The Bertz CT molecular complexity index is 382. The Morgan fingerprint density at radius 1 is 1.44 bits per heavy atom. The van der Waals surface area contributed by atoms with Gasteiger partial charge in [-0.1, -0.05) is 18.2 Å². The number of carbonyl (C=O) groups excluding carboxylic acids is 1. The van der Waals surface area contributed by atoms with Crippen LogP contribution in [0.1, 0.15) is 18.5 Å². The second-order valence-electron chi connectivity index (χ2n) is 3.75. The fourth-order valence-electron chi connectivity index (χ4n) is 1.68. The molecule has 18 heavy (non-hydrogen) atoms. The molecule has 0 aromatic heterocycles. The molecule has 1 rings (SSSR count). The summed E-state index contributed by atoms with van der Waals surface area (Å²) in [4.78, 5) is 11.5. The molecule has 0 aliphatic heterocycles. The molecular formula is C13H20N2O3. The monoisotopic (exact) mass is 252 g/mol. The van der Waals surface area contributed by atoms with Crippen LogP contribution >= 0.6 is 0 Å².